The molecule has 2 unspecified atom stereocenters. The largest absolute Gasteiger partial charge is 0.383 e. The van der Waals surface area contributed by atoms with Crippen LogP contribution < -0.4 is 5.32 Å². The van der Waals surface area contributed by atoms with Gasteiger partial charge in [0.1, 0.15) is 0 Å². The maximum atomic E-state index is 5.27. The zero-order valence-electron chi connectivity index (χ0n) is 11.2. The summed E-state index contributed by atoms with van der Waals surface area (Å²) in [6.07, 6.45) is 6.50. The summed E-state index contributed by atoms with van der Waals surface area (Å²) in [6.45, 7) is 5.47. The molecule has 0 aliphatic carbocycles. The number of hydrogen-bond acceptors (Lipinski definition) is 3. The highest BCUT2D eigenvalue weighted by Crippen LogP contribution is 2.14. The minimum absolute atomic E-state index is 0.541. The number of methoxy groups -OCH3 is 1. The second kappa shape index (κ2) is 8.04. The van der Waals surface area contributed by atoms with Gasteiger partial charge in [0.05, 0.1) is 6.61 Å². The summed E-state index contributed by atoms with van der Waals surface area (Å²) < 4.78 is 5.27. The van der Waals surface area contributed by atoms with Crippen LogP contribution in [0.15, 0.2) is 0 Å². The van der Waals surface area contributed by atoms with E-state index in [-0.39, 0.29) is 0 Å². The lowest BCUT2D eigenvalue weighted by atomic mass is 10.1. The highest BCUT2D eigenvalue weighted by Gasteiger charge is 2.21. The smallest absolute Gasteiger partial charge is 0.0615 e. The van der Waals surface area contributed by atoms with Gasteiger partial charge >= 0.3 is 0 Å². The lowest BCUT2D eigenvalue weighted by Gasteiger charge is -2.24. The molecule has 1 heterocycles. The molecule has 1 saturated heterocycles. The fraction of sp³-hybridized carbons (Fsp3) is 1.00. The van der Waals surface area contributed by atoms with Crippen molar-refractivity contribution in [2.24, 2.45) is 0 Å². The summed E-state index contributed by atoms with van der Waals surface area (Å²) in [4.78, 5) is 2.47. The second-order valence-electron chi connectivity index (χ2n) is 4.98. The Hall–Kier alpha value is -0.120. The molecule has 0 aromatic rings. The Morgan fingerprint density at radius 2 is 2.31 bits per heavy atom. The maximum Gasteiger partial charge on any atom is 0.0615 e. The Balaban J connectivity index is 2.19. The van der Waals surface area contributed by atoms with E-state index in [0.29, 0.717) is 6.04 Å². The van der Waals surface area contributed by atoms with E-state index in [4.69, 9.17) is 4.74 Å². The topological polar surface area (TPSA) is 24.5 Å². The van der Waals surface area contributed by atoms with Crippen molar-refractivity contribution in [1.82, 2.24) is 10.2 Å². The van der Waals surface area contributed by atoms with Gasteiger partial charge in [0.15, 0.2) is 0 Å². The van der Waals surface area contributed by atoms with Crippen molar-refractivity contribution in [2.45, 2.75) is 51.1 Å². The van der Waals surface area contributed by atoms with E-state index in [1.54, 1.807) is 7.11 Å². The van der Waals surface area contributed by atoms with Crippen molar-refractivity contribution in [3.05, 3.63) is 0 Å². The minimum Gasteiger partial charge on any atom is -0.383 e. The summed E-state index contributed by atoms with van der Waals surface area (Å²) in [5, 5.41) is 3.66. The highest BCUT2D eigenvalue weighted by molar-refractivity contribution is 4.80. The average Bonchev–Trinajstić information content (AvgIpc) is 2.68. The van der Waals surface area contributed by atoms with E-state index >= 15 is 0 Å². The van der Waals surface area contributed by atoms with E-state index in [0.717, 1.165) is 19.2 Å². The summed E-state index contributed by atoms with van der Waals surface area (Å²) in [5.74, 6) is 0. The molecule has 0 aromatic carbocycles. The normalized spacial score (nSPS) is 23.8. The lowest BCUT2D eigenvalue weighted by Crippen LogP contribution is -2.42. The molecule has 3 nitrogen and oxygen atoms in total. The number of hydrogen-bond donors (Lipinski definition) is 1. The summed E-state index contributed by atoms with van der Waals surface area (Å²) in [6, 6.07) is 1.28. The first-order valence-electron chi connectivity index (χ1n) is 6.70. The molecule has 0 spiro atoms. The predicted octanol–water partition coefficient (Wildman–Crippen LogP) is 1.88. The van der Waals surface area contributed by atoms with Gasteiger partial charge in [-0.15, -0.1) is 0 Å². The fourth-order valence-electron chi connectivity index (χ4n) is 2.44. The lowest BCUT2D eigenvalue weighted by molar-refractivity contribution is 0.156. The third kappa shape index (κ3) is 4.81. The number of unbranched alkanes of at least 4 members (excludes halogenated alkanes) is 1. The number of ether oxygens (including phenoxy) is 1. The van der Waals surface area contributed by atoms with E-state index in [1.165, 1.54) is 38.6 Å². The Kier molecular flexibility index (Phi) is 7.01. The van der Waals surface area contributed by atoms with E-state index in [2.05, 4.69) is 24.2 Å². The van der Waals surface area contributed by atoms with Gasteiger partial charge in [-0.3, -0.25) is 0 Å². The number of rotatable bonds is 8. The molecule has 16 heavy (non-hydrogen) atoms. The molecule has 1 fully saturated rings. The summed E-state index contributed by atoms with van der Waals surface area (Å²) in [5.41, 5.74) is 0. The van der Waals surface area contributed by atoms with Gasteiger partial charge in [-0.1, -0.05) is 19.8 Å². The van der Waals surface area contributed by atoms with Crippen molar-refractivity contribution in [3.8, 4) is 0 Å². The van der Waals surface area contributed by atoms with Crippen molar-refractivity contribution < 1.29 is 4.74 Å². The van der Waals surface area contributed by atoms with Crippen LogP contribution in [0.25, 0.3) is 0 Å². The molecule has 0 bridgehead atoms. The summed E-state index contributed by atoms with van der Waals surface area (Å²) in [7, 11) is 4.03. The number of likely N-dealkylation sites (tertiary alicyclic amines) is 1. The zero-order chi connectivity index (χ0) is 11.8. The van der Waals surface area contributed by atoms with Crippen molar-refractivity contribution in [2.75, 3.05) is 33.9 Å². The van der Waals surface area contributed by atoms with E-state index in [1.807, 2.05) is 0 Å². The highest BCUT2D eigenvalue weighted by atomic mass is 16.5. The quantitative estimate of drug-likeness (QED) is 0.686. The molecule has 2 atom stereocenters. The molecule has 96 valence electrons. The Labute approximate surface area is 101 Å². The van der Waals surface area contributed by atoms with Crippen LogP contribution in [0, 0.1) is 0 Å². The van der Waals surface area contributed by atoms with Gasteiger partial charge < -0.3 is 15.0 Å². The first-order chi connectivity index (χ1) is 7.77. The monoisotopic (exact) mass is 228 g/mol. The molecule has 0 saturated carbocycles. The first kappa shape index (κ1) is 13.9. The van der Waals surface area contributed by atoms with Crippen molar-refractivity contribution >= 4 is 0 Å². The molecule has 1 aliphatic rings. The Morgan fingerprint density at radius 3 is 2.88 bits per heavy atom. The predicted molar refractivity (Wildman–Crippen MR) is 68.8 cm³/mol. The van der Waals surface area contributed by atoms with Gasteiger partial charge in [-0.25, -0.2) is 0 Å². The van der Waals surface area contributed by atoms with Gasteiger partial charge in [0.2, 0.25) is 0 Å². The molecular formula is C13H28N2O. The van der Waals surface area contributed by atoms with Crippen LogP contribution in [0.2, 0.25) is 0 Å². The number of nitrogens with one attached hydrogen (secondary N) is 1. The van der Waals surface area contributed by atoms with Crippen LogP contribution in [0.3, 0.4) is 0 Å². The third-order valence-electron chi connectivity index (χ3n) is 3.59. The van der Waals surface area contributed by atoms with Crippen LogP contribution in [0.5, 0.6) is 0 Å². The van der Waals surface area contributed by atoms with E-state index < -0.39 is 0 Å². The first-order valence-corrected chi connectivity index (χ1v) is 6.70. The van der Waals surface area contributed by atoms with Crippen LogP contribution in [0.1, 0.15) is 39.0 Å². The Bertz CT molecular complexity index is 175. The average molecular weight is 228 g/mol. The third-order valence-corrected chi connectivity index (χ3v) is 3.59. The standard InChI is InChI=1S/C13H28N2O/c1-4-5-7-12(11-16-3)14-10-13-8-6-9-15(13)2/h12-14H,4-11H2,1-3H3. The van der Waals surface area contributed by atoms with Crippen LogP contribution in [-0.2, 0) is 4.74 Å². The Morgan fingerprint density at radius 1 is 1.50 bits per heavy atom. The van der Waals surface area contributed by atoms with Crippen LogP contribution >= 0.6 is 0 Å². The van der Waals surface area contributed by atoms with Crippen molar-refractivity contribution in [3.63, 3.8) is 0 Å². The second-order valence-corrected chi connectivity index (χ2v) is 4.98. The minimum atomic E-state index is 0.541. The van der Waals surface area contributed by atoms with Crippen LogP contribution in [-0.4, -0.2) is 50.8 Å². The van der Waals surface area contributed by atoms with Gasteiger partial charge in [-0.2, -0.15) is 0 Å². The number of nitrogens with zero attached hydrogens (tertiary/aromatic N) is 1. The maximum absolute atomic E-state index is 5.27. The molecule has 1 rings (SSSR count). The zero-order valence-corrected chi connectivity index (χ0v) is 11.2. The molecule has 1 N–H and O–H groups in total. The molecule has 0 amide bonds. The van der Waals surface area contributed by atoms with Gasteiger partial charge in [0, 0.05) is 25.7 Å². The molecule has 0 radical (unpaired) electrons. The fourth-order valence-corrected chi connectivity index (χ4v) is 2.44. The van der Waals surface area contributed by atoms with Crippen molar-refractivity contribution in [1.29, 1.82) is 0 Å². The summed E-state index contributed by atoms with van der Waals surface area (Å²) >= 11 is 0. The van der Waals surface area contributed by atoms with Crippen LogP contribution in [0.4, 0.5) is 0 Å². The molecule has 0 aromatic heterocycles. The number of likely N-dealkylation sites (N-methyl/N-ethyl adjacent to an activating group) is 1. The molecule has 1 aliphatic heterocycles. The molecular weight excluding hydrogens is 200 g/mol. The SMILES string of the molecule is CCCCC(COC)NCC1CCCN1C. The van der Waals surface area contributed by atoms with E-state index in [9.17, 15) is 0 Å². The van der Waals surface area contributed by atoms with Gasteiger partial charge in [-0.05, 0) is 32.9 Å². The van der Waals surface area contributed by atoms with Gasteiger partial charge in [0.25, 0.3) is 0 Å². The molecule has 3 heteroatoms.